The molecule has 6 aromatic rings. The van der Waals surface area contributed by atoms with Gasteiger partial charge < -0.3 is 0 Å². The summed E-state index contributed by atoms with van der Waals surface area (Å²) in [6.07, 6.45) is 2.31. The summed E-state index contributed by atoms with van der Waals surface area (Å²) in [5, 5.41) is 0. The molecule has 0 aromatic heterocycles. The molecule has 0 saturated heterocycles. The van der Waals surface area contributed by atoms with Gasteiger partial charge in [-0.1, -0.05) is 158 Å². The number of hydrogen-bond donors (Lipinski definition) is 0. The van der Waals surface area contributed by atoms with Gasteiger partial charge in [0, 0.05) is 0 Å². The largest absolute Gasteiger partial charge is 0.0622 e. The van der Waals surface area contributed by atoms with Crippen molar-refractivity contribution in [1.29, 1.82) is 0 Å². The van der Waals surface area contributed by atoms with E-state index in [0.717, 1.165) is 0 Å². The molecule has 208 valence electrons. The third kappa shape index (κ3) is 6.20. The third-order valence-corrected chi connectivity index (χ3v) is 8.18. The molecule has 6 aromatic carbocycles. The molecule has 0 fully saturated rings. The number of aryl methyl sites for hydroxylation is 2. The van der Waals surface area contributed by atoms with Crippen LogP contribution in [0.4, 0.5) is 0 Å². The Hall–Kier alpha value is -5.20. The van der Waals surface area contributed by atoms with Crippen LogP contribution in [0.5, 0.6) is 0 Å². The molecule has 0 nitrogen and oxygen atoms in total. The molecule has 0 radical (unpaired) electrons. The minimum atomic E-state index is 1.20. The Kier molecular flexibility index (Phi) is 8.29. The average molecular weight is 553 g/mol. The molecule has 0 unspecified atom stereocenters. The first-order valence-electron chi connectivity index (χ1n) is 14.9. The van der Waals surface area contributed by atoms with Crippen LogP contribution in [-0.4, -0.2) is 0 Å². The second-order valence-corrected chi connectivity index (χ2v) is 11.1. The van der Waals surface area contributed by atoms with Crippen LogP contribution < -0.4 is 0 Å². The predicted molar refractivity (Wildman–Crippen MR) is 186 cm³/mol. The minimum Gasteiger partial charge on any atom is -0.0622 e. The topological polar surface area (TPSA) is 0 Å². The summed E-state index contributed by atoms with van der Waals surface area (Å²) >= 11 is 0. The lowest BCUT2D eigenvalue weighted by molar-refractivity contribution is 1.38. The van der Waals surface area contributed by atoms with Crippen molar-refractivity contribution in [3.63, 3.8) is 0 Å². The Morgan fingerprint density at radius 1 is 0.419 bits per heavy atom. The van der Waals surface area contributed by atoms with Crippen molar-refractivity contribution in [2.45, 2.75) is 20.8 Å². The zero-order valence-corrected chi connectivity index (χ0v) is 25.1. The summed E-state index contributed by atoms with van der Waals surface area (Å²) in [5.74, 6) is 0. The zero-order chi connectivity index (χ0) is 29.6. The van der Waals surface area contributed by atoms with Crippen LogP contribution in [0.15, 0.2) is 158 Å². The maximum absolute atomic E-state index is 2.34. The lowest BCUT2D eigenvalue weighted by Gasteiger charge is -2.17. The molecule has 0 aliphatic heterocycles. The van der Waals surface area contributed by atoms with Gasteiger partial charge >= 0.3 is 0 Å². The summed E-state index contributed by atoms with van der Waals surface area (Å²) in [6, 6.07) is 56.4. The van der Waals surface area contributed by atoms with E-state index in [0.29, 0.717) is 0 Å². The van der Waals surface area contributed by atoms with Crippen LogP contribution in [0.25, 0.3) is 33.9 Å². The lowest BCUT2D eigenvalue weighted by Crippen LogP contribution is -1.95. The molecule has 0 saturated carbocycles. The van der Waals surface area contributed by atoms with Crippen molar-refractivity contribution < 1.29 is 0 Å². The average Bonchev–Trinajstić information content (AvgIpc) is 3.06. The Bertz CT molecular complexity index is 1810. The van der Waals surface area contributed by atoms with E-state index in [1.807, 2.05) is 0 Å². The molecule has 0 aliphatic carbocycles. The minimum absolute atomic E-state index is 1.20. The van der Waals surface area contributed by atoms with Crippen LogP contribution in [0, 0.1) is 13.8 Å². The van der Waals surface area contributed by atoms with Crippen molar-refractivity contribution in [3.8, 4) is 11.1 Å². The van der Waals surface area contributed by atoms with Crippen LogP contribution in [0.1, 0.15) is 51.4 Å². The Morgan fingerprint density at radius 3 is 1.28 bits per heavy atom. The van der Waals surface area contributed by atoms with Crippen molar-refractivity contribution in [3.05, 3.63) is 202 Å². The van der Waals surface area contributed by atoms with Gasteiger partial charge in [0.05, 0.1) is 0 Å². The van der Waals surface area contributed by atoms with Crippen molar-refractivity contribution in [1.82, 2.24) is 0 Å². The first-order chi connectivity index (χ1) is 21.1. The molecule has 0 heterocycles. The van der Waals surface area contributed by atoms with Gasteiger partial charge in [0.25, 0.3) is 0 Å². The maximum atomic E-state index is 2.34. The summed E-state index contributed by atoms with van der Waals surface area (Å²) in [4.78, 5) is 0. The monoisotopic (exact) mass is 552 g/mol. The fourth-order valence-corrected chi connectivity index (χ4v) is 5.97. The summed E-state index contributed by atoms with van der Waals surface area (Å²) in [5.41, 5.74) is 16.2. The molecule has 0 atom stereocenters. The van der Waals surface area contributed by atoms with Crippen molar-refractivity contribution in [2.75, 3.05) is 0 Å². The standard InChI is InChI=1S/C43H36/c1-31-28-34(30-42(35-16-8-4-9-17-35)36-18-10-5-11-19-36)24-26-40(31)41-27-25-39(29-32(41)2)33(3)43(37-20-12-6-13-21-37)38-22-14-7-15-23-38/h4-30H,1-3H3. The van der Waals surface area contributed by atoms with Crippen LogP contribution >= 0.6 is 0 Å². The maximum Gasteiger partial charge on any atom is -0.00762 e. The molecule has 0 spiro atoms. The number of allylic oxidation sites excluding steroid dienone is 1. The van der Waals surface area contributed by atoms with Crippen LogP contribution in [-0.2, 0) is 0 Å². The molecular weight excluding hydrogens is 516 g/mol. The Labute approximate surface area is 256 Å². The third-order valence-electron chi connectivity index (χ3n) is 8.18. The zero-order valence-electron chi connectivity index (χ0n) is 25.1. The van der Waals surface area contributed by atoms with E-state index in [2.05, 4.69) is 185 Å². The molecule has 43 heavy (non-hydrogen) atoms. The normalized spacial score (nSPS) is 10.7. The highest BCUT2D eigenvalue weighted by atomic mass is 14.2. The van der Waals surface area contributed by atoms with Gasteiger partial charge in [-0.15, -0.1) is 0 Å². The predicted octanol–water partition coefficient (Wildman–Crippen LogP) is 11.5. The van der Waals surface area contributed by atoms with Gasteiger partial charge in [-0.05, 0) is 99.2 Å². The Morgan fingerprint density at radius 2 is 0.837 bits per heavy atom. The van der Waals surface area contributed by atoms with E-state index >= 15 is 0 Å². The second-order valence-electron chi connectivity index (χ2n) is 11.1. The van der Waals surface area contributed by atoms with Gasteiger partial charge in [-0.25, -0.2) is 0 Å². The number of benzene rings is 6. The highest BCUT2D eigenvalue weighted by Gasteiger charge is 2.13. The molecule has 0 heteroatoms. The lowest BCUT2D eigenvalue weighted by atomic mass is 9.88. The second kappa shape index (κ2) is 12.8. The molecular formula is C43H36. The quantitative estimate of drug-likeness (QED) is 0.173. The molecule has 0 amide bonds. The van der Waals surface area contributed by atoms with E-state index in [9.17, 15) is 0 Å². The van der Waals surface area contributed by atoms with Gasteiger partial charge in [0.15, 0.2) is 0 Å². The van der Waals surface area contributed by atoms with Gasteiger partial charge in [0.1, 0.15) is 0 Å². The first-order valence-corrected chi connectivity index (χ1v) is 14.9. The highest BCUT2D eigenvalue weighted by Crippen LogP contribution is 2.35. The smallest absolute Gasteiger partial charge is 0.00762 e. The molecule has 0 N–H and O–H groups in total. The van der Waals surface area contributed by atoms with E-state index in [1.165, 1.54) is 72.4 Å². The Balaban J connectivity index is 1.37. The fourth-order valence-electron chi connectivity index (χ4n) is 5.97. The van der Waals surface area contributed by atoms with Crippen LogP contribution in [0.2, 0.25) is 0 Å². The summed E-state index contributed by atoms with van der Waals surface area (Å²) in [7, 11) is 0. The SMILES string of the molecule is CC(=C(c1ccccc1)c1ccccc1)c1ccc(-c2ccc(C=C(c3ccccc3)c3ccccc3)cc2C)c(C)c1. The molecule has 0 bridgehead atoms. The first kappa shape index (κ1) is 27.9. The van der Waals surface area contributed by atoms with E-state index in [1.54, 1.807) is 0 Å². The van der Waals surface area contributed by atoms with Gasteiger partial charge in [0.2, 0.25) is 0 Å². The van der Waals surface area contributed by atoms with E-state index < -0.39 is 0 Å². The summed E-state index contributed by atoms with van der Waals surface area (Å²) in [6.45, 7) is 6.69. The van der Waals surface area contributed by atoms with Crippen LogP contribution in [0.3, 0.4) is 0 Å². The summed E-state index contributed by atoms with van der Waals surface area (Å²) < 4.78 is 0. The number of rotatable bonds is 7. The van der Waals surface area contributed by atoms with Gasteiger partial charge in [-0.3, -0.25) is 0 Å². The molecule has 6 rings (SSSR count). The molecule has 0 aliphatic rings. The number of hydrogen-bond acceptors (Lipinski definition) is 0. The van der Waals surface area contributed by atoms with E-state index in [4.69, 9.17) is 0 Å². The fraction of sp³-hybridized carbons (Fsp3) is 0.0698. The van der Waals surface area contributed by atoms with Crippen molar-refractivity contribution in [2.24, 2.45) is 0 Å². The van der Waals surface area contributed by atoms with Gasteiger partial charge in [-0.2, -0.15) is 0 Å². The van der Waals surface area contributed by atoms with Crippen molar-refractivity contribution >= 4 is 22.8 Å². The van der Waals surface area contributed by atoms with E-state index in [-0.39, 0.29) is 0 Å². The highest BCUT2D eigenvalue weighted by molar-refractivity contribution is 5.98.